The van der Waals surface area contributed by atoms with E-state index in [1.54, 1.807) is 0 Å². The first kappa shape index (κ1) is 11.1. The zero-order chi connectivity index (χ0) is 11.4. The van der Waals surface area contributed by atoms with Crippen LogP contribution in [0.3, 0.4) is 0 Å². The van der Waals surface area contributed by atoms with Crippen LogP contribution in [0.5, 0.6) is 0 Å². The fourth-order valence-electron chi connectivity index (χ4n) is 2.16. The van der Waals surface area contributed by atoms with Gasteiger partial charge >= 0.3 is 0 Å². The highest BCUT2D eigenvalue weighted by Crippen LogP contribution is 2.12. The average Bonchev–Trinajstić information content (AvgIpc) is 2.30. The van der Waals surface area contributed by atoms with Crippen molar-refractivity contribution in [3.8, 4) is 6.07 Å². The predicted molar refractivity (Wildman–Crippen MR) is 63.9 cm³/mol. The van der Waals surface area contributed by atoms with Crippen LogP contribution < -0.4 is 5.32 Å². The van der Waals surface area contributed by atoms with E-state index >= 15 is 0 Å². The SMILES string of the molecule is C[C@@H]1CN(Cc2ccccc2C#N)CCN1. The van der Waals surface area contributed by atoms with E-state index in [1.807, 2.05) is 24.3 Å². The Labute approximate surface area is 96.7 Å². The number of hydrogen-bond donors (Lipinski definition) is 1. The van der Waals surface area contributed by atoms with Crippen LogP contribution in [-0.4, -0.2) is 30.6 Å². The zero-order valence-corrected chi connectivity index (χ0v) is 9.61. The van der Waals surface area contributed by atoms with Gasteiger partial charge in [0, 0.05) is 32.2 Å². The molecule has 0 unspecified atom stereocenters. The number of piperazine rings is 1. The van der Waals surface area contributed by atoms with E-state index in [9.17, 15) is 0 Å². The van der Waals surface area contributed by atoms with Crippen LogP contribution in [0.2, 0.25) is 0 Å². The van der Waals surface area contributed by atoms with Crippen molar-refractivity contribution in [2.75, 3.05) is 19.6 Å². The Morgan fingerprint density at radius 2 is 2.31 bits per heavy atom. The van der Waals surface area contributed by atoms with E-state index in [0.29, 0.717) is 6.04 Å². The van der Waals surface area contributed by atoms with Gasteiger partial charge in [-0.1, -0.05) is 18.2 Å². The lowest BCUT2D eigenvalue weighted by molar-refractivity contribution is 0.199. The Kier molecular flexibility index (Phi) is 3.55. The summed E-state index contributed by atoms with van der Waals surface area (Å²) in [6.45, 7) is 6.23. The number of hydrogen-bond acceptors (Lipinski definition) is 3. The van der Waals surface area contributed by atoms with Crippen LogP contribution >= 0.6 is 0 Å². The van der Waals surface area contributed by atoms with Crippen LogP contribution in [0.1, 0.15) is 18.1 Å². The summed E-state index contributed by atoms with van der Waals surface area (Å²) in [6.07, 6.45) is 0. The first-order valence-corrected chi connectivity index (χ1v) is 5.73. The molecule has 16 heavy (non-hydrogen) atoms. The van der Waals surface area contributed by atoms with E-state index in [4.69, 9.17) is 5.26 Å². The number of rotatable bonds is 2. The van der Waals surface area contributed by atoms with E-state index < -0.39 is 0 Å². The summed E-state index contributed by atoms with van der Waals surface area (Å²) >= 11 is 0. The topological polar surface area (TPSA) is 39.1 Å². The molecule has 0 spiro atoms. The lowest BCUT2D eigenvalue weighted by atomic mass is 10.1. The first-order valence-electron chi connectivity index (χ1n) is 5.73. The lowest BCUT2D eigenvalue weighted by Crippen LogP contribution is -2.48. The maximum absolute atomic E-state index is 9.02. The molecular weight excluding hydrogens is 198 g/mol. The van der Waals surface area contributed by atoms with Crippen molar-refractivity contribution in [2.24, 2.45) is 0 Å². The Morgan fingerprint density at radius 1 is 1.50 bits per heavy atom. The number of nitrogens with one attached hydrogen (secondary N) is 1. The van der Waals surface area contributed by atoms with Gasteiger partial charge in [0.25, 0.3) is 0 Å². The van der Waals surface area contributed by atoms with Gasteiger partial charge in [-0.2, -0.15) is 5.26 Å². The van der Waals surface area contributed by atoms with Crippen molar-refractivity contribution in [1.29, 1.82) is 5.26 Å². The van der Waals surface area contributed by atoms with Gasteiger partial charge in [0.2, 0.25) is 0 Å². The number of nitriles is 1. The molecule has 84 valence electrons. The van der Waals surface area contributed by atoms with Crippen molar-refractivity contribution in [3.63, 3.8) is 0 Å². The minimum absolute atomic E-state index is 0.544. The van der Waals surface area contributed by atoms with Gasteiger partial charge in [-0.15, -0.1) is 0 Å². The van der Waals surface area contributed by atoms with E-state index in [1.165, 1.54) is 0 Å². The molecule has 0 bridgehead atoms. The molecule has 1 aliphatic rings. The third kappa shape index (κ3) is 2.60. The summed E-state index contributed by atoms with van der Waals surface area (Å²) in [6, 6.07) is 10.7. The van der Waals surface area contributed by atoms with Crippen LogP contribution in [0, 0.1) is 11.3 Å². The normalized spacial score (nSPS) is 21.6. The minimum atomic E-state index is 0.544. The summed E-state index contributed by atoms with van der Waals surface area (Å²) in [5.41, 5.74) is 1.94. The Morgan fingerprint density at radius 3 is 3.06 bits per heavy atom. The average molecular weight is 215 g/mol. The maximum atomic E-state index is 9.02. The maximum Gasteiger partial charge on any atom is 0.0995 e. The second kappa shape index (κ2) is 5.11. The quantitative estimate of drug-likeness (QED) is 0.809. The second-order valence-electron chi connectivity index (χ2n) is 4.36. The van der Waals surface area contributed by atoms with Gasteiger partial charge in [-0.3, -0.25) is 4.90 Å². The van der Waals surface area contributed by atoms with Crippen molar-refractivity contribution >= 4 is 0 Å². The predicted octanol–water partition coefficient (Wildman–Crippen LogP) is 1.35. The Balaban J connectivity index is 2.06. The third-order valence-electron chi connectivity index (χ3n) is 2.98. The Bertz CT molecular complexity index is 394. The molecule has 1 heterocycles. The van der Waals surface area contributed by atoms with Gasteiger partial charge in [-0.25, -0.2) is 0 Å². The van der Waals surface area contributed by atoms with Gasteiger partial charge in [-0.05, 0) is 18.6 Å². The summed E-state index contributed by atoms with van der Waals surface area (Å²) in [7, 11) is 0. The molecule has 1 aromatic rings. The molecule has 0 saturated carbocycles. The second-order valence-corrected chi connectivity index (χ2v) is 4.36. The van der Waals surface area contributed by atoms with Crippen molar-refractivity contribution in [1.82, 2.24) is 10.2 Å². The molecule has 1 saturated heterocycles. The molecule has 1 fully saturated rings. The molecule has 3 heteroatoms. The molecule has 1 aliphatic heterocycles. The van der Waals surface area contributed by atoms with Crippen LogP contribution in [0.4, 0.5) is 0 Å². The molecule has 2 rings (SSSR count). The Hall–Kier alpha value is -1.37. The van der Waals surface area contributed by atoms with Gasteiger partial charge in [0.05, 0.1) is 11.6 Å². The molecule has 1 N–H and O–H groups in total. The first-order chi connectivity index (χ1) is 7.79. The summed E-state index contributed by atoms with van der Waals surface area (Å²) < 4.78 is 0. The molecule has 1 atom stereocenters. The van der Waals surface area contributed by atoms with Crippen LogP contribution in [0.15, 0.2) is 24.3 Å². The fraction of sp³-hybridized carbons (Fsp3) is 0.462. The molecule has 0 amide bonds. The van der Waals surface area contributed by atoms with Gasteiger partial charge < -0.3 is 5.32 Å². The highest BCUT2D eigenvalue weighted by atomic mass is 15.2. The van der Waals surface area contributed by atoms with Crippen LogP contribution in [-0.2, 0) is 6.54 Å². The standard InChI is InChI=1S/C13H17N3/c1-11-9-16(7-6-15-11)10-13-5-3-2-4-12(13)8-14/h2-5,11,15H,6-7,9-10H2,1H3/t11-/m1/s1. The molecule has 3 nitrogen and oxygen atoms in total. The molecule has 1 aromatic carbocycles. The lowest BCUT2D eigenvalue weighted by Gasteiger charge is -2.31. The zero-order valence-electron chi connectivity index (χ0n) is 9.61. The minimum Gasteiger partial charge on any atom is -0.312 e. The fourth-order valence-corrected chi connectivity index (χ4v) is 2.16. The van der Waals surface area contributed by atoms with Crippen molar-refractivity contribution in [2.45, 2.75) is 19.5 Å². The van der Waals surface area contributed by atoms with Gasteiger partial charge in [0.15, 0.2) is 0 Å². The molecule has 0 aromatic heterocycles. The van der Waals surface area contributed by atoms with Crippen LogP contribution in [0.25, 0.3) is 0 Å². The van der Waals surface area contributed by atoms with E-state index in [-0.39, 0.29) is 0 Å². The summed E-state index contributed by atoms with van der Waals surface area (Å²) in [4.78, 5) is 2.40. The van der Waals surface area contributed by atoms with Gasteiger partial charge in [0.1, 0.15) is 0 Å². The smallest absolute Gasteiger partial charge is 0.0995 e. The van der Waals surface area contributed by atoms with Crippen molar-refractivity contribution < 1.29 is 0 Å². The molecule has 0 aliphatic carbocycles. The van der Waals surface area contributed by atoms with E-state index in [0.717, 1.165) is 37.3 Å². The molecular formula is C13H17N3. The summed E-state index contributed by atoms with van der Waals surface area (Å²) in [5, 5.41) is 12.4. The van der Waals surface area contributed by atoms with Crippen molar-refractivity contribution in [3.05, 3.63) is 35.4 Å². The largest absolute Gasteiger partial charge is 0.312 e. The monoisotopic (exact) mass is 215 g/mol. The highest BCUT2D eigenvalue weighted by molar-refractivity contribution is 5.37. The number of nitrogens with zero attached hydrogens (tertiary/aromatic N) is 2. The highest BCUT2D eigenvalue weighted by Gasteiger charge is 2.16. The van der Waals surface area contributed by atoms with E-state index in [2.05, 4.69) is 23.2 Å². The number of benzene rings is 1. The summed E-state index contributed by atoms with van der Waals surface area (Å²) in [5.74, 6) is 0. The third-order valence-corrected chi connectivity index (χ3v) is 2.98. The molecule has 0 radical (unpaired) electrons.